The van der Waals surface area contributed by atoms with Crippen molar-refractivity contribution in [1.82, 2.24) is 5.32 Å². The number of carboxylic acid groups (broad SMARTS) is 1. The predicted molar refractivity (Wildman–Crippen MR) is 67.2 cm³/mol. The zero-order valence-corrected chi connectivity index (χ0v) is 11.1. The van der Waals surface area contributed by atoms with Crippen LogP contribution in [-0.2, 0) is 4.79 Å². The molecule has 1 saturated carbocycles. The summed E-state index contributed by atoms with van der Waals surface area (Å²) in [6, 6.07) is 1.42. The average Bonchev–Trinajstić information content (AvgIpc) is 2.45. The zero-order chi connectivity index (χ0) is 15.6. The minimum absolute atomic E-state index is 0.222. The third kappa shape index (κ3) is 2.86. The van der Waals surface area contributed by atoms with Crippen molar-refractivity contribution in [3.05, 3.63) is 35.1 Å². The number of hydrogen-bond acceptors (Lipinski definition) is 2. The number of carbonyl (C=O) groups is 2. The fourth-order valence-corrected chi connectivity index (χ4v) is 2.53. The number of rotatable bonds is 3. The molecule has 1 aromatic rings. The lowest BCUT2D eigenvalue weighted by Gasteiger charge is -2.34. The van der Waals surface area contributed by atoms with Crippen LogP contribution >= 0.6 is 0 Å². The molecular weight excluding hydrogens is 287 g/mol. The van der Waals surface area contributed by atoms with E-state index in [0.717, 1.165) is 12.5 Å². The number of benzene rings is 1. The molecular formula is C14H14F3NO3. The first-order valence-electron chi connectivity index (χ1n) is 6.57. The van der Waals surface area contributed by atoms with E-state index in [4.69, 9.17) is 0 Å². The minimum Gasteiger partial charge on any atom is -0.480 e. The molecule has 1 aliphatic rings. The van der Waals surface area contributed by atoms with Gasteiger partial charge in [0.05, 0.1) is 5.56 Å². The van der Waals surface area contributed by atoms with Crippen molar-refractivity contribution in [1.29, 1.82) is 0 Å². The zero-order valence-electron chi connectivity index (χ0n) is 11.1. The van der Waals surface area contributed by atoms with Gasteiger partial charge in [-0.15, -0.1) is 0 Å². The number of carboxylic acids is 1. The van der Waals surface area contributed by atoms with Crippen molar-refractivity contribution in [2.24, 2.45) is 0 Å². The Morgan fingerprint density at radius 3 is 2.24 bits per heavy atom. The first-order valence-corrected chi connectivity index (χ1v) is 6.57. The maximum atomic E-state index is 13.6. The van der Waals surface area contributed by atoms with Crippen molar-refractivity contribution >= 4 is 11.9 Å². The van der Waals surface area contributed by atoms with E-state index in [1.54, 1.807) is 0 Å². The summed E-state index contributed by atoms with van der Waals surface area (Å²) in [6.07, 6.45) is 2.53. The second-order valence-corrected chi connectivity index (χ2v) is 5.12. The van der Waals surface area contributed by atoms with Crippen LogP contribution in [-0.4, -0.2) is 22.5 Å². The number of amides is 1. The molecule has 7 heteroatoms. The Labute approximate surface area is 119 Å². The van der Waals surface area contributed by atoms with Gasteiger partial charge in [-0.1, -0.05) is 19.3 Å². The first kappa shape index (κ1) is 15.3. The van der Waals surface area contributed by atoms with Crippen LogP contribution in [0, 0.1) is 17.5 Å². The quantitative estimate of drug-likeness (QED) is 0.843. The van der Waals surface area contributed by atoms with Gasteiger partial charge in [-0.25, -0.2) is 18.0 Å². The average molecular weight is 301 g/mol. The van der Waals surface area contributed by atoms with Crippen LogP contribution in [0.5, 0.6) is 0 Å². The highest BCUT2D eigenvalue weighted by molar-refractivity contribution is 5.98. The molecule has 2 N–H and O–H groups in total. The second kappa shape index (κ2) is 5.75. The van der Waals surface area contributed by atoms with Gasteiger partial charge in [0.2, 0.25) is 0 Å². The monoisotopic (exact) mass is 301 g/mol. The summed E-state index contributed by atoms with van der Waals surface area (Å²) in [4.78, 5) is 23.4. The Morgan fingerprint density at radius 2 is 1.67 bits per heavy atom. The summed E-state index contributed by atoms with van der Waals surface area (Å²) in [5, 5.41) is 11.6. The molecule has 21 heavy (non-hydrogen) atoms. The molecule has 1 aliphatic carbocycles. The summed E-state index contributed by atoms with van der Waals surface area (Å²) in [5.74, 6) is -7.05. The van der Waals surface area contributed by atoms with Crippen LogP contribution in [0.15, 0.2) is 12.1 Å². The van der Waals surface area contributed by atoms with E-state index in [1.165, 1.54) is 0 Å². The van der Waals surface area contributed by atoms with Crippen LogP contribution in [0.3, 0.4) is 0 Å². The SMILES string of the molecule is O=C(NC1(C(=O)O)CCCCC1)c1ccc(F)c(F)c1F. The van der Waals surface area contributed by atoms with E-state index in [0.29, 0.717) is 18.9 Å². The Balaban J connectivity index is 2.28. The summed E-state index contributed by atoms with van der Waals surface area (Å²) in [6.45, 7) is 0. The smallest absolute Gasteiger partial charge is 0.329 e. The summed E-state index contributed by atoms with van der Waals surface area (Å²) >= 11 is 0. The minimum atomic E-state index is -1.75. The van der Waals surface area contributed by atoms with Crippen molar-refractivity contribution < 1.29 is 27.9 Å². The van der Waals surface area contributed by atoms with Gasteiger partial charge < -0.3 is 10.4 Å². The van der Waals surface area contributed by atoms with Gasteiger partial charge in [-0.2, -0.15) is 0 Å². The molecule has 0 atom stereocenters. The van der Waals surface area contributed by atoms with Gasteiger partial charge in [0, 0.05) is 0 Å². The van der Waals surface area contributed by atoms with E-state index >= 15 is 0 Å². The molecule has 0 heterocycles. The normalized spacial score (nSPS) is 17.3. The molecule has 0 saturated heterocycles. The maximum Gasteiger partial charge on any atom is 0.329 e. The first-order chi connectivity index (χ1) is 9.87. The lowest BCUT2D eigenvalue weighted by atomic mass is 9.81. The Bertz CT molecular complexity index is 583. The maximum absolute atomic E-state index is 13.6. The van der Waals surface area contributed by atoms with Crippen molar-refractivity contribution in [3.8, 4) is 0 Å². The third-order valence-corrected chi connectivity index (χ3v) is 3.75. The van der Waals surface area contributed by atoms with Gasteiger partial charge in [-0.3, -0.25) is 4.79 Å². The molecule has 0 radical (unpaired) electrons. The Morgan fingerprint density at radius 1 is 1.05 bits per heavy atom. The van der Waals surface area contributed by atoms with Crippen LogP contribution in [0.1, 0.15) is 42.5 Å². The van der Waals surface area contributed by atoms with Crippen LogP contribution < -0.4 is 5.32 Å². The number of carbonyl (C=O) groups excluding carboxylic acids is 1. The van der Waals surface area contributed by atoms with Crippen LogP contribution in [0.2, 0.25) is 0 Å². The molecule has 1 fully saturated rings. The Kier molecular flexibility index (Phi) is 4.20. The molecule has 0 aromatic heterocycles. The van der Waals surface area contributed by atoms with E-state index < -0.39 is 40.4 Å². The molecule has 1 aromatic carbocycles. The number of hydrogen-bond donors (Lipinski definition) is 2. The van der Waals surface area contributed by atoms with Gasteiger partial charge in [-0.05, 0) is 25.0 Å². The lowest BCUT2D eigenvalue weighted by molar-refractivity contribution is -0.145. The number of nitrogens with one attached hydrogen (secondary N) is 1. The molecule has 0 unspecified atom stereocenters. The highest BCUT2D eigenvalue weighted by Crippen LogP contribution is 2.29. The largest absolute Gasteiger partial charge is 0.480 e. The molecule has 2 rings (SSSR count). The van der Waals surface area contributed by atoms with Crippen molar-refractivity contribution in [2.75, 3.05) is 0 Å². The molecule has 4 nitrogen and oxygen atoms in total. The predicted octanol–water partition coefficient (Wildman–Crippen LogP) is 2.62. The second-order valence-electron chi connectivity index (χ2n) is 5.12. The number of aliphatic carboxylic acids is 1. The number of halogens is 3. The van der Waals surface area contributed by atoms with Crippen LogP contribution in [0.25, 0.3) is 0 Å². The molecule has 0 spiro atoms. The van der Waals surface area contributed by atoms with Gasteiger partial charge >= 0.3 is 5.97 Å². The Hall–Kier alpha value is -2.05. The van der Waals surface area contributed by atoms with Crippen LogP contribution in [0.4, 0.5) is 13.2 Å². The van der Waals surface area contributed by atoms with Gasteiger partial charge in [0.15, 0.2) is 17.5 Å². The fraction of sp³-hybridized carbons (Fsp3) is 0.429. The molecule has 1 amide bonds. The third-order valence-electron chi connectivity index (χ3n) is 3.75. The molecule has 0 aliphatic heterocycles. The summed E-state index contributed by atoms with van der Waals surface area (Å²) < 4.78 is 39.6. The van der Waals surface area contributed by atoms with E-state index in [1.807, 2.05) is 0 Å². The fourth-order valence-electron chi connectivity index (χ4n) is 2.53. The lowest BCUT2D eigenvalue weighted by Crippen LogP contribution is -2.55. The standard InChI is InChI=1S/C14H14F3NO3/c15-9-5-4-8(10(16)11(9)17)12(19)18-14(13(20)21)6-2-1-3-7-14/h4-5H,1-3,6-7H2,(H,18,19)(H,20,21). The van der Waals surface area contributed by atoms with E-state index in [9.17, 15) is 27.9 Å². The van der Waals surface area contributed by atoms with Crippen molar-refractivity contribution in [2.45, 2.75) is 37.6 Å². The molecule has 114 valence electrons. The van der Waals surface area contributed by atoms with E-state index in [-0.39, 0.29) is 12.8 Å². The summed E-state index contributed by atoms with van der Waals surface area (Å²) in [7, 11) is 0. The van der Waals surface area contributed by atoms with Crippen molar-refractivity contribution in [3.63, 3.8) is 0 Å². The van der Waals surface area contributed by atoms with Gasteiger partial charge in [0.25, 0.3) is 5.91 Å². The topological polar surface area (TPSA) is 66.4 Å². The van der Waals surface area contributed by atoms with Gasteiger partial charge in [0.1, 0.15) is 5.54 Å². The highest BCUT2D eigenvalue weighted by atomic mass is 19.2. The summed E-state index contributed by atoms with van der Waals surface area (Å²) in [5.41, 5.74) is -2.19. The highest BCUT2D eigenvalue weighted by Gasteiger charge is 2.41. The molecule has 0 bridgehead atoms. The van der Waals surface area contributed by atoms with E-state index in [2.05, 4.69) is 5.32 Å².